The van der Waals surface area contributed by atoms with Crippen molar-refractivity contribution in [1.29, 1.82) is 0 Å². The van der Waals surface area contributed by atoms with Gasteiger partial charge in [0, 0.05) is 6.07 Å². The van der Waals surface area contributed by atoms with E-state index < -0.39 is 5.91 Å². The fourth-order valence-corrected chi connectivity index (χ4v) is 2.37. The van der Waals surface area contributed by atoms with E-state index in [1.807, 2.05) is 0 Å². The molecule has 0 radical (unpaired) electrons. The van der Waals surface area contributed by atoms with Crippen molar-refractivity contribution < 1.29 is 14.3 Å². The van der Waals surface area contributed by atoms with Gasteiger partial charge in [-0.3, -0.25) is 4.79 Å². The predicted octanol–water partition coefficient (Wildman–Crippen LogP) is 3.11. The van der Waals surface area contributed by atoms with Gasteiger partial charge in [-0.25, -0.2) is 0 Å². The Hall–Kier alpha value is -1.57. The van der Waals surface area contributed by atoms with Gasteiger partial charge in [-0.1, -0.05) is 23.2 Å². The van der Waals surface area contributed by atoms with Crippen LogP contribution in [-0.2, 0) is 0 Å². The molecule has 0 aliphatic rings. The monoisotopic (exact) mass is 333 g/mol. The molecule has 0 unspecified atom stereocenters. The fraction of sp³-hybridized carbons (Fsp3) is 0.182. The number of ether oxygens (including phenoxy) is 2. The van der Waals surface area contributed by atoms with Crippen molar-refractivity contribution in [3.8, 4) is 11.8 Å². The molecule has 0 fully saturated rings. The zero-order valence-electron chi connectivity index (χ0n) is 10.4. The molecule has 0 aliphatic heterocycles. The molecule has 0 aromatic carbocycles. The van der Waals surface area contributed by atoms with Crippen LogP contribution in [0.4, 0.5) is 5.69 Å². The molecular formula is C11H9Cl2N3O3S. The Bertz CT molecular complexity index is 648. The lowest BCUT2D eigenvalue weighted by atomic mass is 10.3. The Balaban J connectivity index is 2.25. The summed E-state index contributed by atoms with van der Waals surface area (Å²) in [7, 11) is 2.92. The highest BCUT2D eigenvalue weighted by atomic mass is 35.5. The van der Waals surface area contributed by atoms with Gasteiger partial charge >= 0.3 is 0 Å². The summed E-state index contributed by atoms with van der Waals surface area (Å²) in [5.74, 6) is 0.0909. The quantitative estimate of drug-likeness (QED) is 0.930. The standard InChI is InChI=1S/C11H9Cl2N3O3S/c1-18-6-4-3-5(11(15-6)19-2)14-10(17)8-7(12)9(13)20-16-8/h3-4H,1-2H3,(H,14,17). The van der Waals surface area contributed by atoms with Crippen molar-refractivity contribution in [2.24, 2.45) is 0 Å². The molecule has 6 nitrogen and oxygen atoms in total. The number of nitrogens with zero attached hydrogens (tertiary/aromatic N) is 2. The number of hydrogen-bond donors (Lipinski definition) is 1. The van der Waals surface area contributed by atoms with Crippen LogP contribution in [0, 0.1) is 0 Å². The number of carbonyl (C=O) groups is 1. The molecule has 2 heterocycles. The molecule has 106 valence electrons. The molecule has 0 bridgehead atoms. The van der Waals surface area contributed by atoms with E-state index in [1.165, 1.54) is 14.2 Å². The van der Waals surface area contributed by atoms with E-state index in [0.717, 1.165) is 11.5 Å². The van der Waals surface area contributed by atoms with Gasteiger partial charge in [0.05, 0.1) is 14.2 Å². The molecule has 0 saturated heterocycles. The molecule has 2 aromatic heterocycles. The number of rotatable bonds is 4. The van der Waals surface area contributed by atoms with Crippen molar-refractivity contribution in [3.63, 3.8) is 0 Å². The molecule has 2 rings (SSSR count). The zero-order chi connectivity index (χ0) is 14.7. The number of hydrogen-bond acceptors (Lipinski definition) is 6. The minimum Gasteiger partial charge on any atom is -0.481 e. The SMILES string of the molecule is COc1ccc(NC(=O)c2nsc(Cl)c2Cl)c(OC)n1. The van der Waals surface area contributed by atoms with Gasteiger partial charge < -0.3 is 14.8 Å². The molecule has 1 N–H and O–H groups in total. The average molecular weight is 334 g/mol. The van der Waals surface area contributed by atoms with Gasteiger partial charge in [-0.15, -0.1) is 0 Å². The van der Waals surface area contributed by atoms with Crippen LogP contribution in [0.15, 0.2) is 12.1 Å². The molecular weight excluding hydrogens is 325 g/mol. The first-order chi connectivity index (χ1) is 9.56. The van der Waals surface area contributed by atoms with Gasteiger partial charge in [-0.05, 0) is 17.6 Å². The Kier molecular flexibility index (Phi) is 4.64. The lowest BCUT2D eigenvalue weighted by Gasteiger charge is -2.09. The van der Waals surface area contributed by atoms with Gasteiger partial charge in [-0.2, -0.15) is 9.36 Å². The van der Waals surface area contributed by atoms with Crippen LogP contribution in [0.2, 0.25) is 9.36 Å². The maximum atomic E-state index is 12.0. The summed E-state index contributed by atoms with van der Waals surface area (Å²) in [5, 5.41) is 2.72. The first-order valence-corrected chi connectivity index (χ1v) is 6.80. The normalized spacial score (nSPS) is 10.2. The van der Waals surface area contributed by atoms with E-state index >= 15 is 0 Å². The minimum absolute atomic E-state index is 0.0551. The lowest BCUT2D eigenvalue weighted by Crippen LogP contribution is -2.14. The average Bonchev–Trinajstić information content (AvgIpc) is 2.79. The molecule has 20 heavy (non-hydrogen) atoms. The number of nitrogens with one attached hydrogen (secondary N) is 1. The summed E-state index contributed by atoms with van der Waals surface area (Å²) in [6.45, 7) is 0. The third-order valence-electron chi connectivity index (χ3n) is 2.30. The van der Waals surface area contributed by atoms with E-state index in [1.54, 1.807) is 12.1 Å². The largest absolute Gasteiger partial charge is 0.481 e. The summed E-state index contributed by atoms with van der Waals surface area (Å²) in [5.41, 5.74) is 0.429. The maximum Gasteiger partial charge on any atom is 0.277 e. The second-order valence-electron chi connectivity index (χ2n) is 3.48. The molecule has 0 atom stereocenters. The van der Waals surface area contributed by atoms with Crippen LogP contribution in [0.1, 0.15) is 10.5 Å². The van der Waals surface area contributed by atoms with Gasteiger partial charge in [0.25, 0.3) is 5.91 Å². The van der Waals surface area contributed by atoms with Crippen LogP contribution < -0.4 is 14.8 Å². The smallest absolute Gasteiger partial charge is 0.277 e. The molecule has 2 aromatic rings. The van der Waals surface area contributed by atoms with Crippen LogP contribution in [0.25, 0.3) is 0 Å². The van der Waals surface area contributed by atoms with Crippen LogP contribution in [-0.4, -0.2) is 29.5 Å². The van der Waals surface area contributed by atoms with E-state index in [-0.39, 0.29) is 20.9 Å². The van der Waals surface area contributed by atoms with E-state index in [2.05, 4.69) is 14.7 Å². The number of halogens is 2. The Labute approximate surface area is 128 Å². The van der Waals surface area contributed by atoms with Crippen molar-refractivity contribution >= 4 is 46.3 Å². The summed E-state index contributed by atoms with van der Waals surface area (Å²) >= 11 is 12.6. The van der Waals surface area contributed by atoms with E-state index in [9.17, 15) is 4.79 Å². The number of anilines is 1. The maximum absolute atomic E-state index is 12.0. The van der Waals surface area contributed by atoms with Crippen LogP contribution in [0.5, 0.6) is 11.8 Å². The number of amides is 1. The molecule has 9 heteroatoms. The minimum atomic E-state index is -0.497. The summed E-state index contributed by atoms with van der Waals surface area (Å²) in [6, 6.07) is 3.19. The first-order valence-electron chi connectivity index (χ1n) is 5.28. The first kappa shape index (κ1) is 14.8. The third-order valence-corrected chi connectivity index (χ3v) is 3.91. The van der Waals surface area contributed by atoms with Crippen molar-refractivity contribution in [2.45, 2.75) is 0 Å². The topological polar surface area (TPSA) is 73.3 Å². The molecule has 1 amide bonds. The molecule has 0 saturated carbocycles. The summed E-state index contributed by atoms with van der Waals surface area (Å²) in [6.07, 6.45) is 0. The second-order valence-corrected chi connectivity index (χ2v) is 5.24. The lowest BCUT2D eigenvalue weighted by molar-refractivity contribution is 0.102. The highest BCUT2D eigenvalue weighted by Gasteiger charge is 2.19. The summed E-state index contributed by atoms with van der Waals surface area (Å²) in [4.78, 5) is 16.1. The fourth-order valence-electron chi connectivity index (χ4n) is 1.37. The Morgan fingerprint density at radius 2 is 2.05 bits per heavy atom. The summed E-state index contributed by atoms with van der Waals surface area (Å²) < 4.78 is 14.2. The number of aromatic nitrogens is 2. The zero-order valence-corrected chi connectivity index (χ0v) is 12.8. The Morgan fingerprint density at radius 1 is 1.30 bits per heavy atom. The third kappa shape index (κ3) is 2.95. The predicted molar refractivity (Wildman–Crippen MR) is 77.4 cm³/mol. The van der Waals surface area contributed by atoms with Crippen molar-refractivity contribution in [2.75, 3.05) is 19.5 Å². The number of methoxy groups -OCH3 is 2. The van der Waals surface area contributed by atoms with Gasteiger partial charge in [0.15, 0.2) is 5.69 Å². The second kappa shape index (κ2) is 6.25. The molecule has 0 aliphatic carbocycles. The number of carbonyl (C=O) groups excluding carboxylic acids is 1. The van der Waals surface area contributed by atoms with E-state index in [4.69, 9.17) is 32.7 Å². The van der Waals surface area contributed by atoms with E-state index in [0.29, 0.717) is 11.6 Å². The highest BCUT2D eigenvalue weighted by Crippen LogP contribution is 2.31. The molecule has 0 spiro atoms. The number of pyridine rings is 1. The van der Waals surface area contributed by atoms with Gasteiger partial charge in [0.1, 0.15) is 15.0 Å². The van der Waals surface area contributed by atoms with Crippen LogP contribution in [0.3, 0.4) is 0 Å². The highest BCUT2D eigenvalue weighted by molar-refractivity contribution is 7.11. The van der Waals surface area contributed by atoms with Crippen molar-refractivity contribution in [3.05, 3.63) is 27.2 Å². The van der Waals surface area contributed by atoms with Crippen molar-refractivity contribution in [1.82, 2.24) is 9.36 Å². The Morgan fingerprint density at radius 3 is 2.60 bits per heavy atom. The van der Waals surface area contributed by atoms with Crippen LogP contribution >= 0.6 is 34.7 Å². The van der Waals surface area contributed by atoms with Gasteiger partial charge in [0.2, 0.25) is 11.8 Å².